The van der Waals surface area contributed by atoms with E-state index in [-0.39, 0.29) is 6.03 Å². The Morgan fingerprint density at radius 3 is 2.50 bits per heavy atom. The second kappa shape index (κ2) is 8.69. The fourth-order valence-corrected chi connectivity index (χ4v) is 3.73. The summed E-state index contributed by atoms with van der Waals surface area (Å²) in [5, 5.41) is 3.02. The first-order chi connectivity index (χ1) is 13.8. The van der Waals surface area contributed by atoms with Crippen molar-refractivity contribution in [3.63, 3.8) is 0 Å². The van der Waals surface area contributed by atoms with Crippen molar-refractivity contribution in [2.24, 2.45) is 0 Å². The fraction of sp³-hybridized carbons (Fsp3) is 0.318. The van der Waals surface area contributed by atoms with Crippen LogP contribution in [0.15, 0.2) is 67.3 Å². The van der Waals surface area contributed by atoms with Gasteiger partial charge in [0.05, 0.1) is 0 Å². The molecule has 28 heavy (non-hydrogen) atoms. The van der Waals surface area contributed by atoms with Crippen molar-refractivity contribution in [3.05, 3.63) is 84.2 Å². The Morgan fingerprint density at radius 2 is 1.75 bits per heavy atom. The van der Waals surface area contributed by atoms with E-state index in [2.05, 4.69) is 19.9 Å². The van der Waals surface area contributed by atoms with E-state index in [0.29, 0.717) is 12.5 Å². The van der Waals surface area contributed by atoms with Crippen molar-refractivity contribution in [2.75, 3.05) is 13.1 Å². The summed E-state index contributed by atoms with van der Waals surface area (Å²) in [7, 11) is 0. The van der Waals surface area contributed by atoms with Crippen LogP contribution >= 0.6 is 0 Å². The second-order valence-electron chi connectivity index (χ2n) is 7.17. The van der Waals surface area contributed by atoms with Crippen molar-refractivity contribution < 1.29 is 4.79 Å². The quantitative estimate of drug-likeness (QED) is 0.743. The Kier molecular flexibility index (Phi) is 5.66. The van der Waals surface area contributed by atoms with Crippen molar-refractivity contribution in [1.82, 2.24) is 24.8 Å². The molecule has 2 aromatic heterocycles. The molecule has 1 N–H and O–H groups in total. The van der Waals surface area contributed by atoms with Crippen LogP contribution in [0.5, 0.6) is 0 Å². The summed E-state index contributed by atoms with van der Waals surface area (Å²) in [4.78, 5) is 23.1. The van der Waals surface area contributed by atoms with E-state index in [1.165, 1.54) is 5.56 Å². The summed E-state index contributed by atoms with van der Waals surface area (Å²) in [6, 6.07) is 14.1. The monoisotopic (exact) mass is 375 g/mol. The third kappa shape index (κ3) is 4.39. The lowest BCUT2D eigenvalue weighted by Gasteiger charge is -2.32. The van der Waals surface area contributed by atoms with E-state index >= 15 is 0 Å². The van der Waals surface area contributed by atoms with Crippen molar-refractivity contribution in [1.29, 1.82) is 0 Å². The molecule has 2 amide bonds. The summed E-state index contributed by atoms with van der Waals surface area (Å²) in [5.41, 5.74) is 2.33. The van der Waals surface area contributed by atoms with Crippen LogP contribution in [0, 0.1) is 0 Å². The molecule has 1 aliphatic heterocycles. The zero-order valence-corrected chi connectivity index (χ0v) is 15.9. The smallest absolute Gasteiger partial charge is 0.317 e. The molecule has 6 nitrogen and oxygen atoms in total. The lowest BCUT2D eigenvalue weighted by Crippen LogP contribution is -2.44. The summed E-state index contributed by atoms with van der Waals surface area (Å²) in [5.74, 6) is 1.50. The molecule has 1 saturated heterocycles. The number of nitrogens with zero attached hydrogens (tertiary/aromatic N) is 4. The largest absolute Gasteiger partial charge is 0.334 e. The number of amides is 2. The number of carbonyl (C=O) groups is 1. The Bertz CT molecular complexity index is 886. The molecule has 0 spiro atoms. The average Bonchev–Trinajstić information content (AvgIpc) is 3.21. The van der Waals surface area contributed by atoms with Crippen LogP contribution in [0.3, 0.4) is 0 Å². The molecule has 1 fully saturated rings. The number of carbonyl (C=O) groups excluding carboxylic acids is 1. The van der Waals surface area contributed by atoms with Crippen LogP contribution in [0.25, 0.3) is 0 Å². The summed E-state index contributed by atoms with van der Waals surface area (Å²) in [6.45, 7) is 2.88. The molecule has 0 aliphatic carbocycles. The van der Waals surface area contributed by atoms with Crippen LogP contribution in [0.4, 0.5) is 4.79 Å². The highest BCUT2D eigenvalue weighted by Crippen LogP contribution is 2.27. The van der Waals surface area contributed by atoms with Crippen molar-refractivity contribution in [3.8, 4) is 0 Å². The maximum Gasteiger partial charge on any atom is 0.317 e. The predicted octanol–water partition coefficient (Wildman–Crippen LogP) is 3.42. The van der Waals surface area contributed by atoms with Gasteiger partial charge in [0.2, 0.25) is 0 Å². The molecule has 3 heterocycles. The number of benzene rings is 1. The average molecular weight is 375 g/mol. The molecule has 1 aromatic carbocycles. The predicted molar refractivity (Wildman–Crippen MR) is 108 cm³/mol. The number of urea groups is 1. The molecule has 0 atom stereocenters. The molecular weight excluding hydrogens is 350 g/mol. The first-order valence-corrected chi connectivity index (χ1v) is 9.76. The standard InChI is InChI=1S/C22H25N5O/c28-22(25-16-18-4-2-1-3-5-18)26-13-8-20(9-14-26)21-24-12-15-27(21)17-19-6-10-23-11-7-19/h1-7,10-12,15,20H,8-9,13-14,16-17H2,(H,25,28). The minimum absolute atomic E-state index is 0.0161. The van der Waals surface area contributed by atoms with E-state index in [1.54, 1.807) is 0 Å². The molecule has 0 radical (unpaired) electrons. The highest BCUT2D eigenvalue weighted by molar-refractivity contribution is 5.74. The molecule has 0 unspecified atom stereocenters. The van der Waals surface area contributed by atoms with Crippen LogP contribution in [-0.2, 0) is 13.1 Å². The minimum atomic E-state index is 0.0161. The molecule has 0 bridgehead atoms. The van der Waals surface area contributed by atoms with E-state index < -0.39 is 0 Å². The Hall–Kier alpha value is -3.15. The molecule has 1 aliphatic rings. The minimum Gasteiger partial charge on any atom is -0.334 e. The molecule has 6 heteroatoms. The van der Waals surface area contributed by atoms with Crippen molar-refractivity contribution >= 4 is 6.03 Å². The molecule has 4 rings (SSSR count). The summed E-state index contributed by atoms with van der Waals surface area (Å²) >= 11 is 0. The highest BCUT2D eigenvalue weighted by atomic mass is 16.2. The van der Waals surface area contributed by atoms with Gasteiger partial charge in [0, 0.05) is 56.9 Å². The van der Waals surface area contributed by atoms with Crippen LogP contribution in [0.2, 0.25) is 0 Å². The second-order valence-corrected chi connectivity index (χ2v) is 7.17. The summed E-state index contributed by atoms with van der Waals surface area (Å²) < 4.78 is 2.21. The zero-order chi connectivity index (χ0) is 19.2. The number of piperidine rings is 1. The Balaban J connectivity index is 1.31. The first-order valence-electron chi connectivity index (χ1n) is 9.76. The lowest BCUT2D eigenvalue weighted by atomic mass is 9.96. The topological polar surface area (TPSA) is 63.1 Å². The highest BCUT2D eigenvalue weighted by Gasteiger charge is 2.26. The van der Waals surface area contributed by atoms with Gasteiger partial charge in [-0.25, -0.2) is 9.78 Å². The van der Waals surface area contributed by atoms with Gasteiger partial charge in [0.1, 0.15) is 5.82 Å². The van der Waals surface area contributed by atoms with Crippen molar-refractivity contribution in [2.45, 2.75) is 31.8 Å². The van der Waals surface area contributed by atoms with Gasteiger partial charge >= 0.3 is 6.03 Å². The number of nitrogens with one attached hydrogen (secondary N) is 1. The number of hydrogen-bond acceptors (Lipinski definition) is 3. The molecule has 3 aromatic rings. The van der Waals surface area contributed by atoms with Crippen LogP contribution < -0.4 is 5.32 Å². The van der Waals surface area contributed by atoms with E-state index in [4.69, 9.17) is 0 Å². The molecular formula is C22H25N5O. The lowest BCUT2D eigenvalue weighted by molar-refractivity contribution is 0.179. The van der Waals surface area contributed by atoms with E-state index in [1.807, 2.05) is 72.2 Å². The first kappa shape index (κ1) is 18.2. The van der Waals surface area contributed by atoms with E-state index in [9.17, 15) is 4.79 Å². The fourth-order valence-electron chi connectivity index (χ4n) is 3.73. The number of pyridine rings is 1. The molecule has 144 valence electrons. The van der Waals surface area contributed by atoms with E-state index in [0.717, 1.165) is 43.9 Å². The number of imidazole rings is 1. The van der Waals surface area contributed by atoms with Crippen LogP contribution in [0.1, 0.15) is 35.7 Å². The zero-order valence-electron chi connectivity index (χ0n) is 15.9. The van der Waals surface area contributed by atoms with Crippen LogP contribution in [-0.4, -0.2) is 38.6 Å². The maximum atomic E-state index is 12.5. The Morgan fingerprint density at radius 1 is 1.00 bits per heavy atom. The SMILES string of the molecule is O=C(NCc1ccccc1)N1CCC(c2nccn2Cc2ccncc2)CC1. The summed E-state index contributed by atoms with van der Waals surface area (Å²) in [6.07, 6.45) is 9.42. The number of aromatic nitrogens is 3. The number of rotatable bonds is 5. The van der Waals surface area contributed by atoms with Gasteiger partial charge in [-0.1, -0.05) is 30.3 Å². The van der Waals surface area contributed by atoms with Gasteiger partial charge in [-0.2, -0.15) is 0 Å². The number of hydrogen-bond donors (Lipinski definition) is 1. The third-order valence-corrected chi connectivity index (χ3v) is 5.28. The normalized spacial score (nSPS) is 14.8. The van der Waals surface area contributed by atoms with Gasteiger partial charge in [0.15, 0.2) is 0 Å². The van der Waals surface area contributed by atoms with Gasteiger partial charge < -0.3 is 14.8 Å². The Labute approximate surface area is 165 Å². The van der Waals surface area contributed by atoms with Gasteiger partial charge in [-0.15, -0.1) is 0 Å². The van der Waals surface area contributed by atoms with Gasteiger partial charge in [-0.05, 0) is 36.1 Å². The number of likely N-dealkylation sites (tertiary alicyclic amines) is 1. The third-order valence-electron chi connectivity index (χ3n) is 5.28. The van der Waals surface area contributed by atoms with Gasteiger partial charge in [0.25, 0.3) is 0 Å². The maximum absolute atomic E-state index is 12.5. The van der Waals surface area contributed by atoms with Gasteiger partial charge in [-0.3, -0.25) is 4.98 Å². The molecule has 0 saturated carbocycles.